The summed E-state index contributed by atoms with van der Waals surface area (Å²) in [7, 11) is 0. The number of carbonyl (C=O) groups excluding carboxylic acids is 2. The van der Waals surface area contributed by atoms with Gasteiger partial charge in [-0.3, -0.25) is 9.59 Å². The maximum absolute atomic E-state index is 12.9. The van der Waals surface area contributed by atoms with Gasteiger partial charge in [-0.15, -0.1) is 0 Å². The van der Waals surface area contributed by atoms with Crippen molar-refractivity contribution in [3.8, 4) is 0 Å². The Morgan fingerprint density at radius 2 is 2.14 bits per heavy atom. The second-order valence-electron chi connectivity index (χ2n) is 9.69. The summed E-state index contributed by atoms with van der Waals surface area (Å²) >= 11 is 0. The number of hydrogen-bond acceptors (Lipinski definition) is 5. The van der Waals surface area contributed by atoms with Crippen molar-refractivity contribution < 1.29 is 19.1 Å². The lowest BCUT2D eigenvalue weighted by Gasteiger charge is -2.22. The fourth-order valence-electron chi connectivity index (χ4n) is 4.74. The first kappa shape index (κ1) is 19.4. The number of hydrogen-bond donors (Lipinski definition) is 1. The molecule has 3 fully saturated rings. The van der Waals surface area contributed by atoms with Crippen molar-refractivity contribution in [2.24, 2.45) is 11.3 Å². The van der Waals surface area contributed by atoms with Crippen LogP contribution in [0, 0.1) is 11.3 Å². The molecule has 7 heteroatoms. The largest absolute Gasteiger partial charge is 0.463 e. The number of esters is 1. The first-order valence-electron chi connectivity index (χ1n) is 10.3. The van der Waals surface area contributed by atoms with E-state index in [1.807, 2.05) is 10.7 Å². The highest BCUT2D eigenvalue weighted by molar-refractivity contribution is 5.94. The Balaban J connectivity index is 1.49. The molecule has 7 nitrogen and oxygen atoms in total. The minimum absolute atomic E-state index is 0.0333. The fourth-order valence-corrected chi connectivity index (χ4v) is 4.74. The maximum Gasteiger partial charge on any atom is 0.302 e. The first-order valence-corrected chi connectivity index (χ1v) is 10.3. The number of nitrogens with one attached hydrogen (secondary N) is 1. The topological polar surface area (TPSA) is 82.5 Å². The van der Waals surface area contributed by atoms with Crippen LogP contribution in [-0.4, -0.2) is 41.0 Å². The minimum Gasteiger partial charge on any atom is -0.463 e. The number of aromatic nitrogens is 2. The van der Waals surface area contributed by atoms with E-state index in [4.69, 9.17) is 14.6 Å². The molecule has 1 aromatic rings. The van der Waals surface area contributed by atoms with Gasteiger partial charge >= 0.3 is 5.97 Å². The van der Waals surface area contributed by atoms with Gasteiger partial charge in [0.2, 0.25) is 5.91 Å². The van der Waals surface area contributed by atoms with Crippen LogP contribution in [0.1, 0.15) is 71.4 Å². The van der Waals surface area contributed by atoms with Gasteiger partial charge < -0.3 is 14.8 Å². The molecule has 1 amide bonds. The summed E-state index contributed by atoms with van der Waals surface area (Å²) in [5, 5.41) is 7.97. The molecule has 1 aromatic heterocycles. The normalized spacial score (nSPS) is 31.9. The molecule has 2 unspecified atom stereocenters. The first-order chi connectivity index (χ1) is 13.2. The SMILES string of the molecule is CC(=O)O[C@@H]1CC[C@H](c2cc(NC(=O)C3CC34CCOC4)n(C(C)(C)C)n2)C1. The van der Waals surface area contributed by atoms with Gasteiger partial charge in [-0.2, -0.15) is 5.10 Å². The second-order valence-corrected chi connectivity index (χ2v) is 9.69. The Bertz CT molecular complexity index is 773. The number of amides is 1. The van der Waals surface area contributed by atoms with Crippen LogP contribution in [-0.2, 0) is 24.6 Å². The van der Waals surface area contributed by atoms with E-state index >= 15 is 0 Å². The molecule has 1 saturated heterocycles. The summed E-state index contributed by atoms with van der Waals surface area (Å²) < 4.78 is 12.8. The summed E-state index contributed by atoms with van der Waals surface area (Å²) in [5.41, 5.74) is 0.795. The van der Waals surface area contributed by atoms with Gasteiger partial charge in [-0.1, -0.05) is 0 Å². The van der Waals surface area contributed by atoms with E-state index in [1.54, 1.807) is 0 Å². The highest BCUT2D eigenvalue weighted by atomic mass is 16.5. The smallest absolute Gasteiger partial charge is 0.302 e. The van der Waals surface area contributed by atoms with Gasteiger partial charge in [0.25, 0.3) is 0 Å². The van der Waals surface area contributed by atoms with Crippen molar-refractivity contribution in [2.45, 2.75) is 77.4 Å². The average Bonchev–Trinajstić information content (AvgIpc) is 3.00. The molecule has 0 bridgehead atoms. The summed E-state index contributed by atoms with van der Waals surface area (Å²) in [5.74, 6) is 0.893. The van der Waals surface area contributed by atoms with E-state index in [1.165, 1.54) is 6.92 Å². The molecular weight excluding hydrogens is 358 g/mol. The number of carbonyl (C=O) groups is 2. The molecule has 4 rings (SSSR count). The van der Waals surface area contributed by atoms with E-state index in [2.05, 4.69) is 26.1 Å². The molecule has 1 spiro atoms. The Morgan fingerprint density at radius 1 is 1.36 bits per heavy atom. The maximum atomic E-state index is 12.9. The van der Waals surface area contributed by atoms with Gasteiger partial charge in [0.1, 0.15) is 11.9 Å². The molecule has 2 heterocycles. The van der Waals surface area contributed by atoms with Crippen LogP contribution in [0.5, 0.6) is 0 Å². The van der Waals surface area contributed by atoms with E-state index < -0.39 is 0 Å². The molecule has 0 radical (unpaired) electrons. The molecule has 154 valence electrons. The summed E-state index contributed by atoms with van der Waals surface area (Å²) in [6.45, 7) is 9.17. The quantitative estimate of drug-likeness (QED) is 0.800. The van der Waals surface area contributed by atoms with E-state index in [-0.39, 0.29) is 40.8 Å². The fraction of sp³-hybridized carbons (Fsp3) is 0.762. The summed E-state index contributed by atoms with van der Waals surface area (Å²) in [6, 6.07) is 2.00. The van der Waals surface area contributed by atoms with Crippen LogP contribution in [0.3, 0.4) is 0 Å². The Kier molecular flexibility index (Phi) is 4.76. The molecule has 1 aliphatic heterocycles. The third-order valence-corrected chi connectivity index (χ3v) is 6.39. The zero-order valence-electron chi connectivity index (χ0n) is 17.3. The molecular formula is C21H31N3O4. The minimum atomic E-state index is -0.244. The van der Waals surface area contributed by atoms with Crippen LogP contribution in [0.2, 0.25) is 0 Å². The van der Waals surface area contributed by atoms with Gasteiger partial charge in [0, 0.05) is 36.8 Å². The molecule has 0 aromatic carbocycles. The number of anilines is 1. The lowest BCUT2D eigenvalue weighted by atomic mass is 10.0. The monoisotopic (exact) mass is 389 g/mol. The highest BCUT2D eigenvalue weighted by Gasteiger charge is 2.60. The van der Waals surface area contributed by atoms with Crippen LogP contribution >= 0.6 is 0 Å². The van der Waals surface area contributed by atoms with Crippen molar-refractivity contribution in [2.75, 3.05) is 18.5 Å². The van der Waals surface area contributed by atoms with Gasteiger partial charge in [0.05, 0.1) is 17.8 Å². The van der Waals surface area contributed by atoms with Crippen molar-refractivity contribution in [3.05, 3.63) is 11.8 Å². The second kappa shape index (κ2) is 6.87. The molecule has 3 aliphatic rings. The molecule has 28 heavy (non-hydrogen) atoms. The standard InChI is InChI=1S/C21H31N3O4/c1-13(25)28-15-6-5-14(9-15)17-10-18(24(23-17)20(2,3)4)22-19(26)16-11-21(16)7-8-27-12-21/h10,14-16H,5-9,11-12H2,1-4H3,(H,22,26)/t14-,15+,16?,21?/m0/s1. The lowest BCUT2D eigenvalue weighted by Crippen LogP contribution is -2.28. The van der Waals surface area contributed by atoms with Crippen LogP contribution in [0.25, 0.3) is 0 Å². The molecule has 2 aliphatic carbocycles. The molecule has 2 saturated carbocycles. The highest BCUT2D eigenvalue weighted by Crippen LogP contribution is 2.58. The predicted molar refractivity (Wildman–Crippen MR) is 104 cm³/mol. The zero-order chi connectivity index (χ0) is 20.1. The Labute approximate surface area is 166 Å². The van der Waals surface area contributed by atoms with E-state index in [9.17, 15) is 9.59 Å². The lowest BCUT2D eigenvalue weighted by molar-refractivity contribution is -0.146. The predicted octanol–water partition coefficient (Wildman–Crippen LogP) is 3.20. The van der Waals surface area contributed by atoms with Gasteiger partial charge in [-0.25, -0.2) is 4.68 Å². The van der Waals surface area contributed by atoms with E-state index in [0.717, 1.165) is 50.2 Å². The third-order valence-electron chi connectivity index (χ3n) is 6.39. The molecule has 1 N–H and O–H groups in total. The zero-order valence-corrected chi connectivity index (χ0v) is 17.3. The van der Waals surface area contributed by atoms with Crippen molar-refractivity contribution in [3.63, 3.8) is 0 Å². The van der Waals surface area contributed by atoms with Gasteiger partial charge in [-0.05, 0) is 52.9 Å². The van der Waals surface area contributed by atoms with Crippen LogP contribution in [0.15, 0.2) is 6.07 Å². The van der Waals surface area contributed by atoms with Crippen molar-refractivity contribution in [1.82, 2.24) is 9.78 Å². The summed E-state index contributed by atoms with van der Waals surface area (Å²) in [4.78, 5) is 24.1. The van der Waals surface area contributed by atoms with Gasteiger partial charge in [0.15, 0.2) is 0 Å². The van der Waals surface area contributed by atoms with Crippen LogP contribution in [0.4, 0.5) is 5.82 Å². The van der Waals surface area contributed by atoms with Crippen LogP contribution < -0.4 is 5.32 Å². The Hall–Kier alpha value is -1.89. The summed E-state index contributed by atoms with van der Waals surface area (Å²) in [6.07, 6.45) is 4.45. The Morgan fingerprint density at radius 3 is 2.79 bits per heavy atom. The third kappa shape index (κ3) is 3.69. The number of ether oxygens (including phenoxy) is 2. The molecule has 4 atom stereocenters. The van der Waals surface area contributed by atoms with E-state index in [0.29, 0.717) is 6.61 Å². The van der Waals surface area contributed by atoms with Crippen molar-refractivity contribution in [1.29, 1.82) is 0 Å². The van der Waals surface area contributed by atoms with Crippen molar-refractivity contribution >= 4 is 17.7 Å². The number of nitrogens with zero attached hydrogens (tertiary/aromatic N) is 2. The average molecular weight is 389 g/mol. The number of rotatable bonds is 4.